The number of hydrogen-bond donors (Lipinski definition) is 4. The van der Waals surface area contributed by atoms with E-state index in [2.05, 4.69) is 40.5 Å². The summed E-state index contributed by atoms with van der Waals surface area (Å²) in [6.07, 6.45) is 4.71. The van der Waals surface area contributed by atoms with Gasteiger partial charge in [0, 0.05) is 43.9 Å². The molecule has 11 nitrogen and oxygen atoms in total. The highest BCUT2D eigenvalue weighted by Gasteiger charge is 2.30. The first-order valence-electron chi connectivity index (χ1n) is 9.69. The largest absolute Gasteiger partial charge is 0.354 e. The molecule has 1 fully saturated rings. The molecule has 13 heteroatoms. The molecule has 32 heavy (non-hydrogen) atoms. The summed E-state index contributed by atoms with van der Waals surface area (Å²) in [6, 6.07) is 3.12. The Hall–Kier alpha value is -3.25. The van der Waals surface area contributed by atoms with Gasteiger partial charge < -0.3 is 20.9 Å². The van der Waals surface area contributed by atoms with Gasteiger partial charge in [0.25, 0.3) is 5.91 Å². The number of nitrogens with one attached hydrogen (secondary N) is 4. The fourth-order valence-electron chi connectivity index (χ4n) is 3.01. The molecule has 168 valence electrons. The molecule has 1 aliphatic carbocycles. The molecule has 0 bridgehead atoms. The molecule has 3 aromatic heterocycles. The monoisotopic (exact) mass is 476 g/mol. The Bertz CT molecular complexity index is 1360. The number of anilines is 3. The predicted octanol–water partition coefficient (Wildman–Crippen LogP) is 2.54. The topological polar surface area (TPSA) is 154 Å². The average Bonchev–Trinajstić information content (AvgIpc) is 3.57. The molecule has 0 aliphatic heterocycles. The maximum atomic E-state index is 13.1. The molecule has 2 amide bonds. The molecular formula is C19H21ClN8O3S. The fraction of sp³-hybridized carbons (Fsp3) is 0.316. The third-order valence-electron chi connectivity index (χ3n) is 5.03. The number of pyridine rings is 1. The Labute approximate surface area is 188 Å². The second-order valence-corrected chi connectivity index (χ2v) is 10.1. The van der Waals surface area contributed by atoms with Crippen LogP contribution in [0, 0.1) is 5.92 Å². The molecule has 1 unspecified atom stereocenters. The van der Waals surface area contributed by atoms with Gasteiger partial charge in [0.05, 0.1) is 25.3 Å². The summed E-state index contributed by atoms with van der Waals surface area (Å²) in [5, 5.41) is 17.1. The van der Waals surface area contributed by atoms with Gasteiger partial charge in [0.2, 0.25) is 5.91 Å². The number of H-pyrrole nitrogens is 1. The lowest BCUT2D eigenvalue weighted by atomic mass is 10.2. The molecule has 4 rings (SSSR count). The summed E-state index contributed by atoms with van der Waals surface area (Å²) in [4.78, 5) is 32.3. The van der Waals surface area contributed by atoms with Crippen molar-refractivity contribution < 1.29 is 13.8 Å². The van der Waals surface area contributed by atoms with Crippen molar-refractivity contribution in [3.63, 3.8) is 0 Å². The third kappa shape index (κ3) is 4.23. The van der Waals surface area contributed by atoms with E-state index in [0.29, 0.717) is 21.0 Å². The molecule has 1 atom stereocenters. The minimum atomic E-state index is -2.83. The number of hydrogen-bond acceptors (Lipinski definition) is 8. The summed E-state index contributed by atoms with van der Waals surface area (Å²) in [5.74, 6) is -0.300. The maximum Gasteiger partial charge on any atom is 0.273 e. The first-order chi connectivity index (χ1) is 15.2. The Balaban J connectivity index is 1.82. The van der Waals surface area contributed by atoms with Crippen LogP contribution in [0.5, 0.6) is 0 Å². The SMILES string of the molecule is CN=S(C)(=O)c1cc2c(Cl)c[nH]c2nc1Nc1cc(NC(=O)C2CC2)nnc1C(=O)NC. The molecule has 1 saturated carbocycles. The van der Waals surface area contributed by atoms with Crippen LogP contribution in [-0.4, -0.2) is 56.5 Å². The number of amides is 2. The van der Waals surface area contributed by atoms with Gasteiger partial charge in [0.15, 0.2) is 11.5 Å². The van der Waals surface area contributed by atoms with Crippen LogP contribution < -0.4 is 16.0 Å². The lowest BCUT2D eigenvalue weighted by Gasteiger charge is -2.15. The van der Waals surface area contributed by atoms with Crippen molar-refractivity contribution in [2.75, 3.05) is 31.0 Å². The van der Waals surface area contributed by atoms with E-state index in [4.69, 9.17) is 11.6 Å². The maximum absolute atomic E-state index is 13.1. The number of carbonyl (C=O) groups is 2. The third-order valence-corrected chi connectivity index (χ3v) is 7.16. The van der Waals surface area contributed by atoms with Gasteiger partial charge in [-0.05, 0) is 18.9 Å². The summed E-state index contributed by atoms with van der Waals surface area (Å²) < 4.78 is 17.2. The first kappa shape index (κ1) is 22.0. The van der Waals surface area contributed by atoms with Crippen LogP contribution in [0.25, 0.3) is 11.0 Å². The first-order valence-corrected chi connectivity index (χ1v) is 12.0. The number of halogens is 1. The number of aromatic amines is 1. The summed E-state index contributed by atoms with van der Waals surface area (Å²) in [7, 11) is 0.0746. The number of carbonyl (C=O) groups excluding carboxylic acids is 2. The molecule has 0 saturated heterocycles. The van der Waals surface area contributed by atoms with Gasteiger partial charge in [-0.1, -0.05) is 11.6 Å². The lowest BCUT2D eigenvalue weighted by molar-refractivity contribution is -0.117. The number of aromatic nitrogens is 4. The summed E-state index contributed by atoms with van der Waals surface area (Å²) in [5.41, 5.74) is 0.658. The van der Waals surface area contributed by atoms with Crippen LogP contribution in [0.15, 0.2) is 27.6 Å². The van der Waals surface area contributed by atoms with Gasteiger partial charge in [-0.25, -0.2) is 13.6 Å². The Morgan fingerprint density at radius 1 is 1.28 bits per heavy atom. The fourth-order valence-corrected chi connectivity index (χ4v) is 4.20. The molecular weight excluding hydrogens is 456 g/mol. The standard InChI is InChI=1S/C19H21ClN8O3S/c1-21-19(30)15-12(7-14(27-28-15)25-18(29)9-4-5-9)24-17-13(32(3,31)22-2)6-10-11(20)8-23-16(10)26-17/h6-9H,4-5H2,1-3H3,(H,21,30)(H3,23,24,25,26,27,29). The smallest absolute Gasteiger partial charge is 0.273 e. The Morgan fingerprint density at radius 2 is 2.03 bits per heavy atom. The molecule has 0 spiro atoms. The van der Waals surface area contributed by atoms with Crippen molar-refractivity contribution >= 4 is 61.5 Å². The molecule has 0 radical (unpaired) electrons. The summed E-state index contributed by atoms with van der Waals surface area (Å²) in [6.45, 7) is 0. The molecule has 4 N–H and O–H groups in total. The van der Waals surface area contributed by atoms with Crippen molar-refractivity contribution in [1.29, 1.82) is 0 Å². The number of nitrogens with zero attached hydrogens (tertiary/aromatic N) is 4. The highest BCUT2D eigenvalue weighted by atomic mass is 35.5. The second kappa shape index (κ2) is 8.36. The van der Waals surface area contributed by atoms with Crippen molar-refractivity contribution in [3.8, 4) is 0 Å². The predicted molar refractivity (Wildman–Crippen MR) is 122 cm³/mol. The van der Waals surface area contributed by atoms with Crippen LogP contribution in [-0.2, 0) is 14.5 Å². The summed E-state index contributed by atoms with van der Waals surface area (Å²) >= 11 is 6.21. The number of fused-ring (bicyclic) bond motifs is 1. The zero-order valence-electron chi connectivity index (χ0n) is 17.5. The Morgan fingerprint density at radius 3 is 2.69 bits per heavy atom. The Kier molecular flexibility index (Phi) is 5.73. The van der Waals surface area contributed by atoms with E-state index in [9.17, 15) is 13.8 Å². The van der Waals surface area contributed by atoms with Crippen molar-refractivity contribution in [3.05, 3.63) is 29.0 Å². The van der Waals surface area contributed by atoms with Gasteiger partial charge in [-0.2, -0.15) is 0 Å². The van der Waals surface area contributed by atoms with E-state index in [0.717, 1.165) is 12.8 Å². The van der Waals surface area contributed by atoms with Gasteiger partial charge >= 0.3 is 0 Å². The quantitative estimate of drug-likeness (QED) is 0.426. The average molecular weight is 477 g/mol. The molecule has 1 aliphatic rings. The molecule has 0 aromatic carbocycles. The minimum absolute atomic E-state index is 0.0228. The minimum Gasteiger partial charge on any atom is -0.354 e. The normalized spacial score (nSPS) is 15.1. The van der Waals surface area contributed by atoms with Crippen LogP contribution in [0.4, 0.5) is 17.3 Å². The van der Waals surface area contributed by atoms with E-state index >= 15 is 0 Å². The highest BCUT2D eigenvalue weighted by molar-refractivity contribution is 7.93. The zero-order valence-corrected chi connectivity index (χ0v) is 19.1. The molecule has 3 aromatic rings. The number of rotatable bonds is 6. The van der Waals surface area contributed by atoms with Gasteiger partial charge in [-0.15, -0.1) is 10.2 Å². The second-order valence-electron chi connectivity index (χ2n) is 7.31. The molecule has 3 heterocycles. The lowest BCUT2D eigenvalue weighted by Crippen LogP contribution is -2.23. The highest BCUT2D eigenvalue weighted by Crippen LogP contribution is 2.33. The van der Waals surface area contributed by atoms with Crippen LogP contribution in [0.3, 0.4) is 0 Å². The van der Waals surface area contributed by atoms with Crippen LogP contribution in [0.2, 0.25) is 5.02 Å². The van der Waals surface area contributed by atoms with Crippen LogP contribution in [0.1, 0.15) is 23.3 Å². The van der Waals surface area contributed by atoms with Gasteiger partial charge in [0.1, 0.15) is 11.5 Å². The van der Waals surface area contributed by atoms with Crippen LogP contribution >= 0.6 is 11.6 Å². The van der Waals surface area contributed by atoms with E-state index in [-0.39, 0.29) is 34.8 Å². The van der Waals surface area contributed by atoms with Gasteiger partial charge in [-0.3, -0.25) is 9.59 Å². The van der Waals surface area contributed by atoms with Crippen molar-refractivity contribution in [1.82, 2.24) is 25.5 Å². The van der Waals surface area contributed by atoms with E-state index < -0.39 is 15.6 Å². The van der Waals surface area contributed by atoms with E-state index in [1.54, 1.807) is 12.3 Å². The van der Waals surface area contributed by atoms with E-state index in [1.807, 2.05) is 0 Å². The van der Waals surface area contributed by atoms with Crippen molar-refractivity contribution in [2.45, 2.75) is 17.7 Å². The van der Waals surface area contributed by atoms with E-state index in [1.165, 1.54) is 26.4 Å². The zero-order chi connectivity index (χ0) is 23.0. The van der Waals surface area contributed by atoms with Crippen molar-refractivity contribution in [2.24, 2.45) is 10.3 Å².